The second-order valence-corrected chi connectivity index (χ2v) is 5.07. The van der Waals surface area contributed by atoms with Gasteiger partial charge in [0.05, 0.1) is 4.47 Å². The van der Waals surface area contributed by atoms with Crippen molar-refractivity contribution in [1.29, 1.82) is 0 Å². The van der Waals surface area contributed by atoms with Crippen LogP contribution in [0.15, 0.2) is 22.8 Å². The highest BCUT2D eigenvalue weighted by molar-refractivity contribution is 9.10. The Morgan fingerprint density at radius 3 is 3.05 bits per heavy atom. The summed E-state index contributed by atoms with van der Waals surface area (Å²) in [6.07, 6.45) is 2.72. The lowest BCUT2D eigenvalue weighted by molar-refractivity contribution is -0.121. The molecule has 0 spiro atoms. The minimum absolute atomic E-state index is 0.0558. The average Bonchev–Trinajstić information content (AvgIpc) is 2.79. The lowest BCUT2D eigenvalue weighted by atomic mass is 10.3. The van der Waals surface area contributed by atoms with Crippen LogP contribution in [0.4, 0.5) is 5.95 Å². The third kappa shape index (κ3) is 3.23. The first-order valence-electron chi connectivity index (χ1n) is 6.17. The van der Waals surface area contributed by atoms with E-state index >= 15 is 0 Å². The summed E-state index contributed by atoms with van der Waals surface area (Å²) in [5.41, 5.74) is 0.714. The highest BCUT2D eigenvalue weighted by Gasteiger charge is 2.14. The zero-order valence-corrected chi connectivity index (χ0v) is 12.4. The highest BCUT2D eigenvalue weighted by Crippen LogP contribution is 2.16. The zero-order chi connectivity index (χ0) is 13.8. The quantitative estimate of drug-likeness (QED) is 0.879. The monoisotopic (exact) mass is 325 g/mol. The maximum Gasteiger partial charge on any atom is 0.243 e. The van der Waals surface area contributed by atoms with Crippen molar-refractivity contribution in [3.05, 3.63) is 22.8 Å². The Morgan fingerprint density at radius 1 is 1.58 bits per heavy atom. The summed E-state index contributed by atoms with van der Waals surface area (Å²) in [6.45, 7) is 4.47. The van der Waals surface area contributed by atoms with Gasteiger partial charge in [0.1, 0.15) is 6.04 Å². The molecule has 1 unspecified atom stereocenters. The molecule has 2 rings (SSSR count). The third-order valence-corrected chi connectivity index (χ3v) is 3.22. The maximum atomic E-state index is 11.7. The maximum absolute atomic E-state index is 11.7. The third-order valence-electron chi connectivity index (χ3n) is 2.60. The molecule has 19 heavy (non-hydrogen) atoms. The van der Waals surface area contributed by atoms with Gasteiger partial charge in [0.2, 0.25) is 11.9 Å². The highest BCUT2D eigenvalue weighted by atomic mass is 79.9. The van der Waals surface area contributed by atoms with E-state index in [1.54, 1.807) is 17.6 Å². The summed E-state index contributed by atoms with van der Waals surface area (Å²) in [5.74, 6) is 0.380. The number of carbonyl (C=O) groups excluding carboxylic acids is 1. The topological polar surface area (TPSA) is 71.3 Å². The van der Waals surface area contributed by atoms with Crippen LogP contribution in [0.1, 0.15) is 20.3 Å². The molecular formula is C12H16BrN5O. The van der Waals surface area contributed by atoms with Crippen LogP contribution >= 0.6 is 15.9 Å². The van der Waals surface area contributed by atoms with E-state index in [-0.39, 0.29) is 11.9 Å². The van der Waals surface area contributed by atoms with Crippen LogP contribution in [0.3, 0.4) is 0 Å². The van der Waals surface area contributed by atoms with E-state index in [9.17, 15) is 4.79 Å². The molecule has 0 radical (unpaired) electrons. The van der Waals surface area contributed by atoms with Crippen molar-refractivity contribution in [1.82, 2.24) is 19.9 Å². The SMILES string of the molecule is CCCNC(=O)C(C)Nc1nc2c(Br)cccn2n1. The summed E-state index contributed by atoms with van der Waals surface area (Å²) >= 11 is 3.41. The smallest absolute Gasteiger partial charge is 0.243 e. The molecule has 2 N–H and O–H groups in total. The van der Waals surface area contributed by atoms with Crippen molar-refractivity contribution in [2.75, 3.05) is 11.9 Å². The van der Waals surface area contributed by atoms with E-state index in [0.29, 0.717) is 18.1 Å². The van der Waals surface area contributed by atoms with Gasteiger partial charge in [-0.2, -0.15) is 4.98 Å². The predicted molar refractivity (Wildman–Crippen MR) is 77.1 cm³/mol. The van der Waals surface area contributed by atoms with Crippen LogP contribution in [-0.2, 0) is 4.79 Å². The molecule has 0 bridgehead atoms. The number of pyridine rings is 1. The van der Waals surface area contributed by atoms with E-state index in [2.05, 4.69) is 36.6 Å². The minimum atomic E-state index is -0.372. The van der Waals surface area contributed by atoms with E-state index in [1.807, 2.05) is 19.1 Å². The van der Waals surface area contributed by atoms with Gasteiger partial charge in [-0.1, -0.05) is 6.92 Å². The van der Waals surface area contributed by atoms with Crippen molar-refractivity contribution in [3.8, 4) is 0 Å². The Labute approximate surface area is 119 Å². The Balaban J connectivity index is 2.09. The lowest BCUT2D eigenvalue weighted by Crippen LogP contribution is -2.38. The van der Waals surface area contributed by atoms with E-state index < -0.39 is 0 Å². The first-order valence-corrected chi connectivity index (χ1v) is 6.96. The Bertz CT molecular complexity index is 583. The Kier molecular flexibility index (Phi) is 4.36. The molecule has 0 aromatic carbocycles. The number of fused-ring (bicyclic) bond motifs is 1. The molecule has 6 nitrogen and oxygen atoms in total. The lowest BCUT2D eigenvalue weighted by Gasteiger charge is -2.11. The second-order valence-electron chi connectivity index (χ2n) is 4.22. The van der Waals surface area contributed by atoms with Gasteiger partial charge in [-0.3, -0.25) is 4.79 Å². The molecule has 102 valence electrons. The van der Waals surface area contributed by atoms with Crippen molar-refractivity contribution in [2.45, 2.75) is 26.3 Å². The van der Waals surface area contributed by atoms with Crippen molar-refractivity contribution in [3.63, 3.8) is 0 Å². The number of rotatable bonds is 5. The van der Waals surface area contributed by atoms with Gasteiger partial charge in [0.15, 0.2) is 5.65 Å². The normalized spacial score (nSPS) is 12.4. The predicted octanol–water partition coefficient (Wildman–Crippen LogP) is 1.82. The molecule has 0 aliphatic rings. The summed E-state index contributed by atoms with van der Waals surface area (Å²) in [4.78, 5) is 16.1. The summed E-state index contributed by atoms with van der Waals surface area (Å²) in [5, 5.41) is 10.1. The molecule has 0 saturated heterocycles. The standard InChI is InChI=1S/C12H16BrN5O/c1-3-6-14-11(19)8(2)15-12-16-10-9(13)5-4-7-18(10)17-12/h4-5,7-8H,3,6H2,1-2H3,(H,14,19)(H,15,17). The van der Waals surface area contributed by atoms with Crippen molar-refractivity contribution < 1.29 is 4.79 Å². The summed E-state index contributed by atoms with van der Waals surface area (Å²) in [6, 6.07) is 3.39. The van der Waals surface area contributed by atoms with E-state index in [0.717, 1.165) is 10.9 Å². The molecule has 2 aromatic heterocycles. The number of hydrogen-bond donors (Lipinski definition) is 2. The first kappa shape index (κ1) is 13.8. The van der Waals surface area contributed by atoms with Gasteiger partial charge in [-0.25, -0.2) is 4.52 Å². The molecule has 1 atom stereocenters. The number of carbonyl (C=O) groups is 1. The number of hydrogen-bond acceptors (Lipinski definition) is 4. The number of halogens is 1. The summed E-state index contributed by atoms with van der Waals surface area (Å²) < 4.78 is 2.52. The largest absolute Gasteiger partial charge is 0.354 e. The number of nitrogens with zero attached hydrogens (tertiary/aromatic N) is 3. The number of aromatic nitrogens is 3. The number of nitrogens with one attached hydrogen (secondary N) is 2. The van der Waals surface area contributed by atoms with Crippen LogP contribution in [0.25, 0.3) is 5.65 Å². The molecule has 2 aromatic rings. The van der Waals surface area contributed by atoms with Gasteiger partial charge < -0.3 is 10.6 Å². The minimum Gasteiger partial charge on any atom is -0.354 e. The fourth-order valence-corrected chi connectivity index (χ4v) is 2.02. The molecule has 0 aliphatic heterocycles. The molecule has 2 heterocycles. The molecule has 0 fully saturated rings. The Hall–Kier alpha value is -1.63. The Morgan fingerprint density at radius 2 is 2.37 bits per heavy atom. The van der Waals surface area contributed by atoms with Crippen LogP contribution in [0, 0.1) is 0 Å². The molecule has 1 amide bonds. The fraction of sp³-hybridized carbons (Fsp3) is 0.417. The second kappa shape index (κ2) is 6.01. The molecule has 7 heteroatoms. The van der Waals surface area contributed by atoms with Crippen molar-refractivity contribution in [2.24, 2.45) is 0 Å². The van der Waals surface area contributed by atoms with E-state index in [4.69, 9.17) is 0 Å². The molecular weight excluding hydrogens is 310 g/mol. The first-order chi connectivity index (χ1) is 9.11. The fourth-order valence-electron chi connectivity index (χ4n) is 1.60. The van der Waals surface area contributed by atoms with Gasteiger partial charge in [0.25, 0.3) is 0 Å². The number of amides is 1. The van der Waals surface area contributed by atoms with Gasteiger partial charge >= 0.3 is 0 Å². The average molecular weight is 326 g/mol. The van der Waals surface area contributed by atoms with Crippen LogP contribution < -0.4 is 10.6 Å². The van der Waals surface area contributed by atoms with Crippen LogP contribution in [0.2, 0.25) is 0 Å². The van der Waals surface area contributed by atoms with E-state index in [1.165, 1.54) is 0 Å². The van der Waals surface area contributed by atoms with Crippen LogP contribution in [0.5, 0.6) is 0 Å². The summed E-state index contributed by atoms with van der Waals surface area (Å²) in [7, 11) is 0. The number of anilines is 1. The molecule has 0 aliphatic carbocycles. The van der Waals surface area contributed by atoms with Gasteiger partial charge in [0, 0.05) is 12.7 Å². The van der Waals surface area contributed by atoms with Gasteiger partial charge in [-0.15, -0.1) is 5.10 Å². The zero-order valence-electron chi connectivity index (χ0n) is 10.9. The van der Waals surface area contributed by atoms with Crippen LogP contribution in [-0.4, -0.2) is 33.1 Å². The van der Waals surface area contributed by atoms with Crippen molar-refractivity contribution >= 4 is 33.4 Å². The van der Waals surface area contributed by atoms with Gasteiger partial charge in [-0.05, 0) is 41.4 Å². The molecule has 0 saturated carbocycles.